The summed E-state index contributed by atoms with van der Waals surface area (Å²) < 4.78 is 28.9. The van der Waals surface area contributed by atoms with Crippen LogP contribution in [0.25, 0.3) is 11.4 Å². The first kappa shape index (κ1) is 17.9. The number of amides is 1. The van der Waals surface area contributed by atoms with Crippen molar-refractivity contribution in [3.63, 3.8) is 0 Å². The molecule has 2 heterocycles. The van der Waals surface area contributed by atoms with Crippen LogP contribution in [0.4, 0.5) is 8.78 Å². The minimum atomic E-state index is -0.711. The van der Waals surface area contributed by atoms with E-state index in [1.54, 1.807) is 21.6 Å². The first-order chi connectivity index (χ1) is 12.9. The van der Waals surface area contributed by atoms with Crippen LogP contribution in [0.3, 0.4) is 0 Å². The van der Waals surface area contributed by atoms with Crippen LogP contribution in [0.2, 0.25) is 10.0 Å². The summed E-state index contributed by atoms with van der Waals surface area (Å²) in [4.78, 5) is 14.3. The second kappa shape index (κ2) is 6.90. The van der Waals surface area contributed by atoms with E-state index in [9.17, 15) is 13.6 Å². The molecule has 0 saturated heterocycles. The average molecular weight is 409 g/mol. The molecule has 1 aromatic heterocycles. The van der Waals surface area contributed by atoms with Crippen LogP contribution >= 0.6 is 23.2 Å². The Morgan fingerprint density at radius 2 is 1.85 bits per heavy atom. The molecule has 27 heavy (non-hydrogen) atoms. The standard InChI is InChI=1S/C18H12Cl2F2N4O/c19-10-1-3-12(14(20)7-10)18(27)25-5-6-26-16(9-25)23-24-17(26)13-4-2-11(21)8-15(13)22/h1-4,7-8H,5-6,9H2. The Labute approximate surface area is 163 Å². The predicted molar refractivity (Wildman–Crippen MR) is 96.6 cm³/mol. The topological polar surface area (TPSA) is 51.0 Å². The number of halogens is 4. The normalized spacial score (nSPS) is 13.6. The summed E-state index contributed by atoms with van der Waals surface area (Å²) in [5, 5.41) is 8.80. The van der Waals surface area contributed by atoms with Crippen molar-refractivity contribution in [3.8, 4) is 11.4 Å². The molecule has 0 spiro atoms. The third-order valence-corrected chi connectivity index (χ3v) is 4.92. The Hall–Kier alpha value is -2.51. The molecular weight excluding hydrogens is 397 g/mol. The van der Waals surface area contributed by atoms with Gasteiger partial charge in [-0.2, -0.15) is 0 Å². The van der Waals surface area contributed by atoms with Gasteiger partial charge in [0, 0.05) is 24.2 Å². The maximum absolute atomic E-state index is 14.1. The Morgan fingerprint density at radius 1 is 1.04 bits per heavy atom. The largest absolute Gasteiger partial charge is 0.329 e. The lowest BCUT2D eigenvalue weighted by molar-refractivity contribution is 0.0708. The van der Waals surface area contributed by atoms with E-state index in [1.165, 1.54) is 18.2 Å². The Bertz CT molecular complexity index is 1050. The molecule has 0 unspecified atom stereocenters. The number of rotatable bonds is 2. The number of carbonyl (C=O) groups is 1. The minimum absolute atomic E-state index is 0.163. The Balaban J connectivity index is 1.61. The molecule has 1 amide bonds. The molecule has 3 aromatic rings. The highest BCUT2D eigenvalue weighted by atomic mass is 35.5. The van der Waals surface area contributed by atoms with E-state index in [-0.39, 0.29) is 23.0 Å². The molecule has 0 radical (unpaired) electrons. The maximum atomic E-state index is 14.1. The van der Waals surface area contributed by atoms with Gasteiger partial charge in [0.05, 0.1) is 22.7 Å². The lowest BCUT2D eigenvalue weighted by Gasteiger charge is -2.28. The predicted octanol–water partition coefficient (Wildman–Crippen LogP) is 4.19. The number of hydrogen-bond donors (Lipinski definition) is 0. The second-order valence-electron chi connectivity index (χ2n) is 6.07. The molecule has 0 bridgehead atoms. The van der Waals surface area contributed by atoms with E-state index in [0.29, 0.717) is 35.3 Å². The molecule has 0 atom stereocenters. The van der Waals surface area contributed by atoms with Crippen LogP contribution in [0, 0.1) is 11.6 Å². The fraction of sp³-hybridized carbons (Fsp3) is 0.167. The average Bonchev–Trinajstić information content (AvgIpc) is 3.04. The van der Waals surface area contributed by atoms with Crippen molar-refractivity contribution in [1.82, 2.24) is 19.7 Å². The molecule has 0 aliphatic carbocycles. The maximum Gasteiger partial charge on any atom is 0.255 e. The molecule has 4 rings (SSSR count). The van der Waals surface area contributed by atoms with Crippen LogP contribution in [0.15, 0.2) is 36.4 Å². The second-order valence-corrected chi connectivity index (χ2v) is 6.91. The van der Waals surface area contributed by atoms with Crippen molar-refractivity contribution in [2.45, 2.75) is 13.1 Å². The van der Waals surface area contributed by atoms with Crippen LogP contribution < -0.4 is 0 Å². The summed E-state index contributed by atoms with van der Waals surface area (Å²) >= 11 is 12.0. The summed E-state index contributed by atoms with van der Waals surface area (Å²) in [6, 6.07) is 7.98. The number of benzene rings is 2. The van der Waals surface area contributed by atoms with Gasteiger partial charge in [0.1, 0.15) is 11.6 Å². The van der Waals surface area contributed by atoms with Gasteiger partial charge in [0.25, 0.3) is 5.91 Å². The first-order valence-electron chi connectivity index (χ1n) is 8.06. The van der Waals surface area contributed by atoms with E-state index in [0.717, 1.165) is 6.07 Å². The molecule has 1 aliphatic rings. The zero-order valence-electron chi connectivity index (χ0n) is 13.8. The van der Waals surface area contributed by atoms with Gasteiger partial charge in [0.15, 0.2) is 11.6 Å². The van der Waals surface area contributed by atoms with E-state index in [1.807, 2.05) is 0 Å². The van der Waals surface area contributed by atoms with Gasteiger partial charge >= 0.3 is 0 Å². The highest BCUT2D eigenvalue weighted by Gasteiger charge is 2.27. The summed E-state index contributed by atoms with van der Waals surface area (Å²) in [5.41, 5.74) is 0.509. The Kier molecular flexibility index (Phi) is 4.57. The lowest BCUT2D eigenvalue weighted by atomic mass is 10.1. The van der Waals surface area contributed by atoms with Gasteiger partial charge < -0.3 is 9.47 Å². The van der Waals surface area contributed by atoms with Gasteiger partial charge in [-0.3, -0.25) is 4.79 Å². The SMILES string of the molecule is O=C(c1ccc(Cl)cc1Cl)N1CCn2c(nnc2-c2ccc(F)cc2F)C1. The summed E-state index contributed by atoms with van der Waals surface area (Å²) in [7, 11) is 0. The van der Waals surface area contributed by atoms with Crippen molar-refractivity contribution in [2.75, 3.05) is 6.54 Å². The number of nitrogens with zero attached hydrogens (tertiary/aromatic N) is 4. The van der Waals surface area contributed by atoms with Crippen molar-refractivity contribution in [1.29, 1.82) is 0 Å². The lowest BCUT2D eigenvalue weighted by Crippen LogP contribution is -2.38. The minimum Gasteiger partial charge on any atom is -0.329 e. The van der Waals surface area contributed by atoms with Gasteiger partial charge in [0.2, 0.25) is 0 Å². The summed E-state index contributed by atoms with van der Waals surface area (Å²) in [5.74, 6) is -0.805. The van der Waals surface area contributed by atoms with E-state index < -0.39 is 11.6 Å². The van der Waals surface area contributed by atoms with E-state index in [4.69, 9.17) is 23.2 Å². The zero-order valence-corrected chi connectivity index (χ0v) is 15.3. The highest BCUT2D eigenvalue weighted by molar-refractivity contribution is 6.36. The number of fused-ring (bicyclic) bond motifs is 1. The first-order valence-corrected chi connectivity index (χ1v) is 8.81. The van der Waals surface area contributed by atoms with Crippen LogP contribution in [0.1, 0.15) is 16.2 Å². The van der Waals surface area contributed by atoms with Crippen LogP contribution in [-0.2, 0) is 13.1 Å². The fourth-order valence-corrected chi connectivity index (χ4v) is 3.52. The number of carbonyl (C=O) groups excluding carboxylic acids is 1. The molecule has 0 N–H and O–H groups in total. The molecule has 0 saturated carbocycles. The van der Waals surface area contributed by atoms with E-state index >= 15 is 0 Å². The van der Waals surface area contributed by atoms with Crippen molar-refractivity contribution in [2.24, 2.45) is 0 Å². The van der Waals surface area contributed by atoms with Gasteiger partial charge in [-0.05, 0) is 30.3 Å². The van der Waals surface area contributed by atoms with E-state index in [2.05, 4.69) is 10.2 Å². The van der Waals surface area contributed by atoms with Gasteiger partial charge in [-0.1, -0.05) is 23.2 Å². The smallest absolute Gasteiger partial charge is 0.255 e. The van der Waals surface area contributed by atoms with Crippen LogP contribution in [0.5, 0.6) is 0 Å². The third-order valence-electron chi connectivity index (χ3n) is 4.37. The molecule has 138 valence electrons. The fourth-order valence-electron chi connectivity index (χ4n) is 3.03. The Morgan fingerprint density at radius 3 is 2.59 bits per heavy atom. The summed E-state index contributed by atoms with van der Waals surface area (Å²) in [6.45, 7) is 0.956. The van der Waals surface area contributed by atoms with Crippen LogP contribution in [-0.4, -0.2) is 32.1 Å². The monoisotopic (exact) mass is 408 g/mol. The number of hydrogen-bond acceptors (Lipinski definition) is 3. The molecule has 0 fully saturated rings. The quantitative estimate of drug-likeness (QED) is 0.638. The molecular formula is C18H12Cl2F2N4O. The number of aromatic nitrogens is 3. The van der Waals surface area contributed by atoms with Crippen molar-refractivity contribution < 1.29 is 13.6 Å². The van der Waals surface area contributed by atoms with Gasteiger partial charge in [-0.25, -0.2) is 8.78 Å². The third kappa shape index (κ3) is 3.28. The highest BCUT2D eigenvalue weighted by Crippen LogP contribution is 2.27. The summed E-state index contributed by atoms with van der Waals surface area (Å²) in [6.07, 6.45) is 0. The molecule has 1 aliphatic heterocycles. The molecule has 2 aromatic carbocycles. The molecule has 5 nitrogen and oxygen atoms in total. The van der Waals surface area contributed by atoms with Crippen molar-refractivity contribution >= 4 is 29.1 Å². The van der Waals surface area contributed by atoms with Crippen molar-refractivity contribution in [3.05, 3.63) is 69.5 Å². The molecule has 9 heteroatoms. The van der Waals surface area contributed by atoms with Gasteiger partial charge in [-0.15, -0.1) is 10.2 Å². The zero-order chi connectivity index (χ0) is 19.1.